The number of hydrogen-bond donors (Lipinski definition) is 2. The van der Waals surface area contributed by atoms with E-state index in [9.17, 15) is 22.4 Å². The molecule has 1 atom stereocenters. The van der Waals surface area contributed by atoms with Crippen LogP contribution in [0.5, 0.6) is 0 Å². The molecule has 0 aliphatic rings. The molecule has 3 rings (SSSR count). The van der Waals surface area contributed by atoms with E-state index in [4.69, 9.17) is 4.42 Å². The predicted octanol–water partition coefficient (Wildman–Crippen LogP) is 2.43. The normalized spacial score (nSPS) is 12.3. The smallest absolute Gasteiger partial charge is 0.309 e. The van der Waals surface area contributed by atoms with Gasteiger partial charge in [0, 0.05) is 11.4 Å². The third-order valence-electron chi connectivity index (χ3n) is 4.03. The van der Waals surface area contributed by atoms with Crippen LogP contribution in [0.15, 0.2) is 69.5 Å². The van der Waals surface area contributed by atoms with Crippen LogP contribution in [0, 0.1) is 5.82 Å². The standard InChI is InChI=1S/C19H17FN2O5S2/c20-13-5-7-15(8-6-13)29(25,26)17(16-4-2-10-28-16)12-22-19(24)18(23)21-11-14-3-1-9-27-14/h1-10,17H,11-12H2,(H,21,23)(H,22,24). The van der Waals surface area contributed by atoms with E-state index >= 15 is 0 Å². The molecule has 2 heterocycles. The molecule has 0 aliphatic carbocycles. The summed E-state index contributed by atoms with van der Waals surface area (Å²) in [6.45, 7) is -0.283. The van der Waals surface area contributed by atoms with Crippen LogP contribution in [0.1, 0.15) is 15.9 Å². The van der Waals surface area contributed by atoms with Crippen LogP contribution in [-0.4, -0.2) is 26.8 Å². The Bertz CT molecular complexity index is 1060. The van der Waals surface area contributed by atoms with Crippen LogP contribution in [-0.2, 0) is 26.0 Å². The van der Waals surface area contributed by atoms with Gasteiger partial charge in [0.15, 0.2) is 9.84 Å². The largest absolute Gasteiger partial charge is 0.467 e. The minimum atomic E-state index is -3.93. The number of amides is 2. The van der Waals surface area contributed by atoms with Crippen molar-refractivity contribution in [2.75, 3.05) is 6.54 Å². The number of nitrogens with one attached hydrogen (secondary N) is 2. The lowest BCUT2D eigenvalue weighted by atomic mass is 10.3. The highest BCUT2D eigenvalue weighted by atomic mass is 32.2. The Morgan fingerprint density at radius 1 is 1.03 bits per heavy atom. The zero-order valence-electron chi connectivity index (χ0n) is 15.0. The third kappa shape index (κ3) is 5.09. The van der Waals surface area contributed by atoms with Crippen molar-refractivity contribution in [1.82, 2.24) is 10.6 Å². The van der Waals surface area contributed by atoms with Gasteiger partial charge < -0.3 is 15.1 Å². The van der Waals surface area contributed by atoms with Gasteiger partial charge in [-0.15, -0.1) is 11.3 Å². The maximum absolute atomic E-state index is 13.2. The molecular weight excluding hydrogens is 419 g/mol. The Kier molecular flexibility index (Phi) is 6.45. The first-order valence-electron chi connectivity index (χ1n) is 8.49. The number of benzene rings is 1. The molecule has 2 aromatic heterocycles. The van der Waals surface area contributed by atoms with Gasteiger partial charge in [-0.05, 0) is 47.8 Å². The minimum absolute atomic E-state index is 0.0293. The van der Waals surface area contributed by atoms with Gasteiger partial charge in [-0.1, -0.05) is 6.07 Å². The van der Waals surface area contributed by atoms with Gasteiger partial charge in [-0.2, -0.15) is 0 Å². The zero-order chi connectivity index (χ0) is 20.9. The third-order valence-corrected chi connectivity index (χ3v) is 7.27. The number of halogens is 1. The molecule has 0 bridgehead atoms. The summed E-state index contributed by atoms with van der Waals surface area (Å²) in [6.07, 6.45) is 1.44. The van der Waals surface area contributed by atoms with Crippen molar-refractivity contribution in [3.63, 3.8) is 0 Å². The second-order valence-electron chi connectivity index (χ2n) is 5.98. The monoisotopic (exact) mass is 436 g/mol. The highest BCUT2D eigenvalue weighted by Gasteiger charge is 2.31. The molecule has 10 heteroatoms. The highest BCUT2D eigenvalue weighted by molar-refractivity contribution is 7.91. The fourth-order valence-electron chi connectivity index (χ4n) is 2.55. The number of furan rings is 1. The first-order valence-corrected chi connectivity index (χ1v) is 10.9. The summed E-state index contributed by atoms with van der Waals surface area (Å²) < 4.78 is 44.3. The lowest BCUT2D eigenvalue weighted by molar-refractivity contribution is -0.139. The Morgan fingerprint density at radius 3 is 2.38 bits per heavy atom. The molecule has 0 aliphatic heterocycles. The number of hydrogen-bond acceptors (Lipinski definition) is 6. The molecule has 1 aromatic carbocycles. The number of sulfone groups is 1. The van der Waals surface area contributed by atoms with E-state index in [1.54, 1.807) is 29.6 Å². The maximum atomic E-state index is 13.2. The number of carbonyl (C=O) groups excluding carboxylic acids is 2. The van der Waals surface area contributed by atoms with Crippen molar-refractivity contribution in [2.24, 2.45) is 0 Å². The molecule has 0 saturated heterocycles. The van der Waals surface area contributed by atoms with E-state index in [2.05, 4.69) is 10.6 Å². The van der Waals surface area contributed by atoms with Gasteiger partial charge in [0.05, 0.1) is 17.7 Å². The Balaban J connectivity index is 1.70. The molecule has 1 unspecified atom stereocenters. The van der Waals surface area contributed by atoms with Crippen molar-refractivity contribution < 1.29 is 26.8 Å². The highest BCUT2D eigenvalue weighted by Crippen LogP contribution is 2.31. The summed E-state index contributed by atoms with van der Waals surface area (Å²) in [5.41, 5.74) is 0. The van der Waals surface area contributed by atoms with Crippen molar-refractivity contribution >= 4 is 33.0 Å². The van der Waals surface area contributed by atoms with Crippen LogP contribution >= 0.6 is 11.3 Å². The Morgan fingerprint density at radius 2 is 1.76 bits per heavy atom. The Hall–Kier alpha value is -2.98. The minimum Gasteiger partial charge on any atom is -0.467 e. The fourth-order valence-corrected chi connectivity index (χ4v) is 5.34. The number of rotatable bonds is 7. The average molecular weight is 436 g/mol. The topological polar surface area (TPSA) is 105 Å². The summed E-state index contributed by atoms with van der Waals surface area (Å²) in [4.78, 5) is 24.4. The lowest BCUT2D eigenvalue weighted by Gasteiger charge is -2.17. The molecule has 3 aromatic rings. The molecule has 152 valence electrons. The van der Waals surface area contributed by atoms with Gasteiger partial charge in [0.2, 0.25) is 0 Å². The van der Waals surface area contributed by atoms with Crippen molar-refractivity contribution in [2.45, 2.75) is 16.7 Å². The molecular formula is C19H17FN2O5S2. The van der Waals surface area contributed by atoms with Crippen LogP contribution < -0.4 is 10.6 Å². The zero-order valence-corrected chi connectivity index (χ0v) is 16.6. The fraction of sp³-hybridized carbons (Fsp3) is 0.158. The van der Waals surface area contributed by atoms with Crippen molar-refractivity contribution in [3.05, 3.63) is 76.6 Å². The quantitative estimate of drug-likeness (QED) is 0.437. The molecule has 2 N–H and O–H groups in total. The SMILES string of the molecule is O=C(NCc1ccco1)C(=O)NCC(c1cccs1)S(=O)(=O)c1ccc(F)cc1. The second kappa shape index (κ2) is 9.01. The lowest BCUT2D eigenvalue weighted by Crippen LogP contribution is -2.41. The molecule has 2 amide bonds. The van der Waals surface area contributed by atoms with Gasteiger partial charge in [0.25, 0.3) is 0 Å². The van der Waals surface area contributed by atoms with Crippen molar-refractivity contribution in [3.8, 4) is 0 Å². The first-order chi connectivity index (χ1) is 13.9. The summed E-state index contributed by atoms with van der Waals surface area (Å²) in [5, 5.41) is 5.34. The number of thiophene rings is 1. The van der Waals surface area contributed by atoms with E-state index in [1.807, 2.05) is 0 Å². The van der Waals surface area contributed by atoms with E-state index in [-0.39, 0.29) is 18.0 Å². The van der Waals surface area contributed by atoms with E-state index in [0.29, 0.717) is 10.6 Å². The average Bonchev–Trinajstić information content (AvgIpc) is 3.40. The van der Waals surface area contributed by atoms with Crippen LogP contribution in [0.4, 0.5) is 4.39 Å². The summed E-state index contributed by atoms with van der Waals surface area (Å²) in [7, 11) is -3.93. The van der Waals surface area contributed by atoms with Crippen molar-refractivity contribution in [1.29, 1.82) is 0 Å². The Labute approximate surface area is 170 Å². The van der Waals surface area contributed by atoms with Crippen LogP contribution in [0.2, 0.25) is 0 Å². The van der Waals surface area contributed by atoms with Crippen LogP contribution in [0.25, 0.3) is 0 Å². The van der Waals surface area contributed by atoms with Crippen LogP contribution in [0.3, 0.4) is 0 Å². The van der Waals surface area contributed by atoms with E-state index in [1.165, 1.54) is 29.7 Å². The molecule has 29 heavy (non-hydrogen) atoms. The summed E-state index contributed by atoms with van der Waals surface area (Å²) in [6, 6.07) is 11.0. The molecule has 0 spiro atoms. The molecule has 7 nitrogen and oxygen atoms in total. The van der Waals surface area contributed by atoms with E-state index in [0.717, 1.165) is 12.1 Å². The molecule has 0 fully saturated rings. The first kappa shape index (κ1) is 20.7. The molecule has 0 saturated carbocycles. The molecule has 0 radical (unpaired) electrons. The van der Waals surface area contributed by atoms with E-state index < -0.39 is 32.7 Å². The second-order valence-corrected chi connectivity index (χ2v) is 9.08. The van der Waals surface area contributed by atoms with Gasteiger partial charge >= 0.3 is 11.8 Å². The predicted molar refractivity (Wildman–Crippen MR) is 104 cm³/mol. The van der Waals surface area contributed by atoms with Gasteiger partial charge in [0.1, 0.15) is 16.8 Å². The van der Waals surface area contributed by atoms with Gasteiger partial charge in [-0.3, -0.25) is 9.59 Å². The summed E-state index contributed by atoms with van der Waals surface area (Å²) >= 11 is 1.21. The summed E-state index contributed by atoms with van der Waals surface area (Å²) in [5.74, 6) is -1.96. The number of carbonyl (C=O) groups is 2. The maximum Gasteiger partial charge on any atom is 0.309 e. The van der Waals surface area contributed by atoms with Gasteiger partial charge in [-0.25, -0.2) is 12.8 Å².